The molecule has 1 atom stereocenters. The fourth-order valence-electron chi connectivity index (χ4n) is 2.01. The van der Waals surface area contributed by atoms with Crippen LogP contribution in [0, 0.1) is 11.6 Å². The minimum Gasteiger partial charge on any atom is -0.494 e. The summed E-state index contributed by atoms with van der Waals surface area (Å²) in [4.78, 5) is 0. The van der Waals surface area contributed by atoms with E-state index < -0.39 is 0 Å². The number of ether oxygens (including phenoxy) is 1. The van der Waals surface area contributed by atoms with Crippen molar-refractivity contribution >= 4 is 0 Å². The molecule has 0 heterocycles. The van der Waals surface area contributed by atoms with E-state index in [0.717, 1.165) is 5.56 Å². The van der Waals surface area contributed by atoms with Crippen LogP contribution in [0.15, 0.2) is 42.5 Å². The van der Waals surface area contributed by atoms with E-state index in [4.69, 9.17) is 4.74 Å². The van der Waals surface area contributed by atoms with Crippen LogP contribution in [0.25, 0.3) is 0 Å². The van der Waals surface area contributed by atoms with Crippen LogP contribution in [-0.2, 0) is 6.54 Å². The minimum absolute atomic E-state index is 0.0729. The van der Waals surface area contributed by atoms with Crippen LogP contribution in [0.1, 0.15) is 24.1 Å². The standard InChI is InChI=1S/C16H17F2NO/c1-11(12-5-3-7-14(17)9-12)19-10-13-6-4-8-15(20-2)16(13)18/h3-9,11,19H,10H2,1-2H3/t11-/m0/s1. The molecule has 2 aromatic carbocycles. The molecule has 4 heteroatoms. The number of methoxy groups -OCH3 is 1. The normalized spacial score (nSPS) is 12.2. The van der Waals surface area contributed by atoms with E-state index in [1.807, 2.05) is 13.0 Å². The van der Waals surface area contributed by atoms with Gasteiger partial charge in [-0.3, -0.25) is 0 Å². The van der Waals surface area contributed by atoms with E-state index in [2.05, 4.69) is 5.32 Å². The lowest BCUT2D eigenvalue weighted by Gasteiger charge is -2.15. The van der Waals surface area contributed by atoms with E-state index in [-0.39, 0.29) is 23.4 Å². The molecule has 0 aliphatic rings. The Morgan fingerprint density at radius 2 is 1.90 bits per heavy atom. The van der Waals surface area contributed by atoms with Gasteiger partial charge in [0, 0.05) is 18.2 Å². The van der Waals surface area contributed by atoms with Crippen LogP contribution in [0.5, 0.6) is 5.75 Å². The first-order valence-electron chi connectivity index (χ1n) is 6.42. The molecule has 0 saturated heterocycles. The molecule has 0 radical (unpaired) electrons. The molecule has 2 rings (SSSR count). The van der Waals surface area contributed by atoms with Gasteiger partial charge in [0.05, 0.1) is 7.11 Å². The Morgan fingerprint density at radius 3 is 2.60 bits per heavy atom. The topological polar surface area (TPSA) is 21.3 Å². The molecule has 0 spiro atoms. The number of halogens is 2. The van der Waals surface area contributed by atoms with Gasteiger partial charge in [0.1, 0.15) is 5.82 Å². The zero-order valence-electron chi connectivity index (χ0n) is 11.5. The van der Waals surface area contributed by atoms with Crippen molar-refractivity contribution in [1.82, 2.24) is 5.32 Å². The number of hydrogen-bond acceptors (Lipinski definition) is 2. The molecule has 1 N–H and O–H groups in total. The third-order valence-electron chi connectivity index (χ3n) is 3.21. The Bertz CT molecular complexity index is 586. The van der Waals surface area contributed by atoms with Crippen molar-refractivity contribution in [2.75, 3.05) is 7.11 Å². The Kier molecular flexibility index (Phi) is 4.69. The maximum atomic E-state index is 14.0. The first kappa shape index (κ1) is 14.5. The van der Waals surface area contributed by atoms with Crippen molar-refractivity contribution in [2.45, 2.75) is 19.5 Å². The summed E-state index contributed by atoms with van der Waals surface area (Å²) < 4.78 is 32.1. The van der Waals surface area contributed by atoms with Crippen molar-refractivity contribution in [1.29, 1.82) is 0 Å². The average Bonchev–Trinajstić information content (AvgIpc) is 2.46. The maximum absolute atomic E-state index is 14.0. The molecular weight excluding hydrogens is 260 g/mol. The zero-order valence-corrected chi connectivity index (χ0v) is 11.5. The summed E-state index contributed by atoms with van der Waals surface area (Å²) in [5.74, 6) is -0.416. The molecule has 20 heavy (non-hydrogen) atoms. The molecule has 0 aliphatic carbocycles. The van der Waals surface area contributed by atoms with Crippen molar-refractivity contribution < 1.29 is 13.5 Å². The maximum Gasteiger partial charge on any atom is 0.169 e. The number of nitrogens with one attached hydrogen (secondary N) is 1. The van der Waals surface area contributed by atoms with E-state index in [9.17, 15) is 8.78 Å². The summed E-state index contributed by atoms with van der Waals surface area (Å²) in [7, 11) is 1.44. The second-order valence-corrected chi connectivity index (χ2v) is 4.59. The fourth-order valence-corrected chi connectivity index (χ4v) is 2.01. The molecular formula is C16H17F2NO. The highest BCUT2D eigenvalue weighted by Crippen LogP contribution is 2.21. The Morgan fingerprint density at radius 1 is 1.15 bits per heavy atom. The Balaban J connectivity index is 2.05. The Hall–Kier alpha value is -1.94. The van der Waals surface area contributed by atoms with Crippen LogP contribution in [0.2, 0.25) is 0 Å². The number of benzene rings is 2. The molecule has 2 aromatic rings. The lowest BCUT2D eigenvalue weighted by molar-refractivity contribution is 0.382. The van der Waals surface area contributed by atoms with Crippen LogP contribution in [-0.4, -0.2) is 7.11 Å². The van der Waals surface area contributed by atoms with Gasteiger partial charge in [-0.15, -0.1) is 0 Å². The van der Waals surface area contributed by atoms with E-state index >= 15 is 0 Å². The van der Waals surface area contributed by atoms with Crippen molar-refractivity contribution in [3.8, 4) is 5.75 Å². The van der Waals surface area contributed by atoms with Crippen molar-refractivity contribution in [2.24, 2.45) is 0 Å². The van der Waals surface area contributed by atoms with E-state index in [1.165, 1.54) is 19.2 Å². The highest BCUT2D eigenvalue weighted by Gasteiger charge is 2.10. The molecule has 0 aromatic heterocycles. The van der Waals surface area contributed by atoms with Gasteiger partial charge in [-0.25, -0.2) is 8.78 Å². The summed E-state index contributed by atoms with van der Waals surface area (Å²) in [5, 5.41) is 3.17. The van der Waals surface area contributed by atoms with Gasteiger partial charge >= 0.3 is 0 Å². The molecule has 0 bridgehead atoms. The van der Waals surface area contributed by atoms with Gasteiger partial charge in [0.25, 0.3) is 0 Å². The molecule has 0 amide bonds. The van der Waals surface area contributed by atoms with Crippen LogP contribution in [0.4, 0.5) is 8.78 Å². The van der Waals surface area contributed by atoms with Crippen LogP contribution < -0.4 is 10.1 Å². The zero-order chi connectivity index (χ0) is 14.5. The van der Waals surface area contributed by atoms with Gasteiger partial charge in [-0.2, -0.15) is 0 Å². The highest BCUT2D eigenvalue weighted by atomic mass is 19.1. The highest BCUT2D eigenvalue weighted by molar-refractivity contribution is 5.31. The van der Waals surface area contributed by atoms with Crippen molar-refractivity contribution in [3.63, 3.8) is 0 Å². The van der Waals surface area contributed by atoms with Gasteiger partial charge in [-0.1, -0.05) is 24.3 Å². The third kappa shape index (κ3) is 3.33. The molecule has 106 valence electrons. The first-order valence-corrected chi connectivity index (χ1v) is 6.42. The van der Waals surface area contributed by atoms with E-state index in [1.54, 1.807) is 24.3 Å². The first-order chi connectivity index (χ1) is 9.61. The predicted octanol–water partition coefficient (Wildman–Crippen LogP) is 3.82. The fraction of sp³-hybridized carbons (Fsp3) is 0.250. The van der Waals surface area contributed by atoms with Gasteiger partial charge in [0.15, 0.2) is 11.6 Å². The van der Waals surface area contributed by atoms with E-state index in [0.29, 0.717) is 12.1 Å². The molecule has 0 fully saturated rings. The summed E-state index contributed by atoms with van der Waals surface area (Å²) in [6.45, 7) is 2.26. The average molecular weight is 277 g/mol. The summed E-state index contributed by atoms with van der Waals surface area (Å²) >= 11 is 0. The quantitative estimate of drug-likeness (QED) is 0.897. The smallest absolute Gasteiger partial charge is 0.169 e. The van der Waals surface area contributed by atoms with Gasteiger partial charge < -0.3 is 10.1 Å². The lowest BCUT2D eigenvalue weighted by Crippen LogP contribution is -2.19. The van der Waals surface area contributed by atoms with Gasteiger partial charge in [-0.05, 0) is 30.7 Å². The number of hydrogen-bond donors (Lipinski definition) is 1. The lowest BCUT2D eigenvalue weighted by atomic mass is 10.1. The second kappa shape index (κ2) is 6.48. The summed E-state index contributed by atoms with van der Waals surface area (Å²) in [6, 6.07) is 11.3. The van der Waals surface area contributed by atoms with Crippen LogP contribution >= 0.6 is 0 Å². The van der Waals surface area contributed by atoms with Crippen LogP contribution in [0.3, 0.4) is 0 Å². The minimum atomic E-state index is -0.367. The monoisotopic (exact) mass is 277 g/mol. The third-order valence-corrected chi connectivity index (χ3v) is 3.21. The summed E-state index contributed by atoms with van der Waals surface area (Å²) in [6.07, 6.45) is 0. The SMILES string of the molecule is COc1cccc(CN[C@@H](C)c2cccc(F)c2)c1F. The predicted molar refractivity (Wildman–Crippen MR) is 74.6 cm³/mol. The second-order valence-electron chi connectivity index (χ2n) is 4.59. The van der Waals surface area contributed by atoms with Crippen molar-refractivity contribution in [3.05, 3.63) is 65.2 Å². The Labute approximate surface area is 117 Å². The molecule has 2 nitrogen and oxygen atoms in total. The summed E-state index contributed by atoms with van der Waals surface area (Å²) in [5.41, 5.74) is 1.35. The molecule has 0 aliphatic heterocycles. The van der Waals surface area contributed by atoms with Gasteiger partial charge in [0.2, 0.25) is 0 Å². The largest absolute Gasteiger partial charge is 0.494 e. The molecule has 0 saturated carbocycles. The molecule has 0 unspecified atom stereocenters. The number of rotatable bonds is 5.